The van der Waals surface area contributed by atoms with E-state index in [0.717, 1.165) is 15.3 Å². The summed E-state index contributed by atoms with van der Waals surface area (Å²) in [5.74, 6) is 5.38. The van der Waals surface area contributed by atoms with E-state index >= 15 is 0 Å². The molecule has 1 aromatic heterocycles. The average molecular weight is 285 g/mol. The molecule has 102 valence electrons. The highest BCUT2D eigenvalue weighted by atomic mass is 32.1. The van der Waals surface area contributed by atoms with E-state index in [1.165, 1.54) is 11.3 Å². The molecular formula is C16H15NO2S. The zero-order valence-electron chi connectivity index (χ0n) is 11.1. The van der Waals surface area contributed by atoms with Crippen LogP contribution in [0.25, 0.3) is 0 Å². The van der Waals surface area contributed by atoms with Crippen LogP contribution < -0.4 is 5.32 Å². The molecule has 0 saturated carbocycles. The smallest absolute Gasteiger partial charge is 0.251 e. The third-order valence-electron chi connectivity index (χ3n) is 2.77. The Balaban J connectivity index is 1.97. The number of amides is 1. The molecule has 1 amide bonds. The van der Waals surface area contributed by atoms with Crippen molar-refractivity contribution in [2.75, 3.05) is 6.61 Å². The molecule has 4 heteroatoms. The predicted molar refractivity (Wildman–Crippen MR) is 80.6 cm³/mol. The molecular weight excluding hydrogens is 270 g/mol. The standard InChI is InChI=1S/C16H15NO2S/c1-12-5-2-3-7-15(12)16(19)17-11-14-9-8-13(20-14)6-4-10-18/h2-3,5,7-9,18H,10-11H2,1H3,(H,17,19). The van der Waals surface area contributed by atoms with Gasteiger partial charge in [0, 0.05) is 10.4 Å². The van der Waals surface area contributed by atoms with Crippen molar-refractivity contribution in [1.82, 2.24) is 5.32 Å². The fourth-order valence-electron chi connectivity index (χ4n) is 1.76. The molecule has 1 aromatic carbocycles. The van der Waals surface area contributed by atoms with Gasteiger partial charge >= 0.3 is 0 Å². The number of aryl methyl sites for hydroxylation is 1. The molecule has 0 radical (unpaired) electrons. The second kappa shape index (κ2) is 6.90. The van der Waals surface area contributed by atoms with Gasteiger partial charge in [0.25, 0.3) is 5.91 Å². The minimum atomic E-state index is -0.142. The molecule has 3 nitrogen and oxygen atoms in total. The first kappa shape index (κ1) is 14.3. The van der Waals surface area contributed by atoms with Crippen LogP contribution in [0.4, 0.5) is 0 Å². The first-order valence-corrected chi connectivity index (χ1v) is 7.04. The van der Waals surface area contributed by atoms with Crippen LogP contribution in [0, 0.1) is 18.8 Å². The number of thiophene rings is 1. The quantitative estimate of drug-likeness (QED) is 0.850. The van der Waals surface area contributed by atoms with Crippen molar-refractivity contribution in [3.8, 4) is 11.8 Å². The fraction of sp³-hybridized carbons (Fsp3) is 0.188. The van der Waals surface area contributed by atoms with Gasteiger partial charge in [0.15, 0.2) is 0 Å². The van der Waals surface area contributed by atoms with E-state index in [1.54, 1.807) is 0 Å². The molecule has 0 fully saturated rings. The molecule has 0 saturated heterocycles. The number of aliphatic hydroxyl groups is 1. The van der Waals surface area contributed by atoms with Crippen molar-refractivity contribution < 1.29 is 9.90 Å². The lowest BCUT2D eigenvalue weighted by Gasteiger charge is -2.06. The van der Waals surface area contributed by atoms with Gasteiger partial charge in [-0.25, -0.2) is 0 Å². The first-order valence-electron chi connectivity index (χ1n) is 6.23. The largest absolute Gasteiger partial charge is 0.384 e. The Hall–Kier alpha value is -2.09. The summed E-state index contributed by atoms with van der Waals surface area (Å²) in [4.78, 5) is 14.0. The minimum absolute atomic E-state index is 0.0699. The van der Waals surface area contributed by atoms with Crippen LogP contribution in [0.2, 0.25) is 0 Å². The minimum Gasteiger partial charge on any atom is -0.384 e. The number of hydrogen-bond donors (Lipinski definition) is 2. The summed E-state index contributed by atoms with van der Waals surface area (Å²) in [6.45, 7) is 2.26. The molecule has 0 bridgehead atoms. The summed E-state index contributed by atoms with van der Waals surface area (Å²) in [7, 11) is 0. The summed E-state index contributed by atoms with van der Waals surface area (Å²) < 4.78 is 0. The number of nitrogens with one attached hydrogen (secondary N) is 1. The Morgan fingerprint density at radius 1 is 1.30 bits per heavy atom. The molecule has 0 unspecified atom stereocenters. The molecule has 0 spiro atoms. The Morgan fingerprint density at radius 2 is 2.10 bits per heavy atom. The van der Waals surface area contributed by atoms with Gasteiger partial charge in [0.05, 0.1) is 11.4 Å². The van der Waals surface area contributed by atoms with Gasteiger partial charge in [-0.15, -0.1) is 11.3 Å². The number of benzene rings is 1. The van der Waals surface area contributed by atoms with Crippen molar-refractivity contribution in [2.45, 2.75) is 13.5 Å². The Kier molecular flexibility index (Phi) is 4.94. The summed E-state index contributed by atoms with van der Waals surface area (Å²) in [6, 6.07) is 11.3. The molecule has 2 N–H and O–H groups in total. The van der Waals surface area contributed by atoms with Crippen LogP contribution in [0.5, 0.6) is 0 Å². The van der Waals surface area contributed by atoms with E-state index in [4.69, 9.17) is 5.11 Å². The van der Waals surface area contributed by atoms with Gasteiger partial charge < -0.3 is 10.4 Å². The summed E-state index contributed by atoms with van der Waals surface area (Å²) in [5.41, 5.74) is 1.66. The first-order chi connectivity index (χ1) is 9.70. The number of carbonyl (C=O) groups excluding carboxylic acids is 1. The highest BCUT2D eigenvalue weighted by molar-refractivity contribution is 7.12. The lowest BCUT2D eigenvalue weighted by Crippen LogP contribution is -2.23. The second-order valence-corrected chi connectivity index (χ2v) is 5.39. The SMILES string of the molecule is Cc1ccccc1C(=O)NCc1ccc(C#CCO)s1. The zero-order valence-corrected chi connectivity index (χ0v) is 12.0. The van der Waals surface area contributed by atoms with Gasteiger partial charge in [-0.05, 0) is 30.7 Å². The molecule has 0 aliphatic heterocycles. The van der Waals surface area contributed by atoms with Crippen LogP contribution in [-0.4, -0.2) is 17.6 Å². The molecule has 20 heavy (non-hydrogen) atoms. The molecule has 0 aliphatic carbocycles. The fourth-order valence-corrected chi connectivity index (χ4v) is 2.58. The number of aliphatic hydroxyl groups excluding tert-OH is 1. The highest BCUT2D eigenvalue weighted by Crippen LogP contribution is 2.15. The van der Waals surface area contributed by atoms with Crippen LogP contribution in [0.15, 0.2) is 36.4 Å². The van der Waals surface area contributed by atoms with Crippen molar-refractivity contribution in [3.05, 3.63) is 57.3 Å². The topological polar surface area (TPSA) is 49.3 Å². The third-order valence-corrected chi connectivity index (χ3v) is 3.77. The van der Waals surface area contributed by atoms with Crippen molar-refractivity contribution >= 4 is 17.2 Å². The van der Waals surface area contributed by atoms with Gasteiger partial charge in [0.1, 0.15) is 6.61 Å². The zero-order chi connectivity index (χ0) is 14.4. The number of rotatable bonds is 3. The van der Waals surface area contributed by atoms with Gasteiger partial charge in [-0.2, -0.15) is 0 Å². The number of carbonyl (C=O) groups is 1. The maximum atomic E-state index is 12.1. The number of hydrogen-bond acceptors (Lipinski definition) is 3. The van der Waals surface area contributed by atoms with E-state index in [0.29, 0.717) is 12.1 Å². The summed E-state index contributed by atoms with van der Waals surface area (Å²) >= 11 is 1.51. The van der Waals surface area contributed by atoms with Crippen molar-refractivity contribution in [1.29, 1.82) is 0 Å². The Morgan fingerprint density at radius 3 is 2.85 bits per heavy atom. The van der Waals surface area contributed by atoms with Gasteiger partial charge in [-0.1, -0.05) is 30.0 Å². The van der Waals surface area contributed by atoms with Crippen molar-refractivity contribution in [3.63, 3.8) is 0 Å². The van der Waals surface area contributed by atoms with E-state index in [2.05, 4.69) is 17.2 Å². The normalized spacial score (nSPS) is 9.70. The molecule has 2 rings (SSSR count). The molecule has 2 aromatic rings. The summed E-state index contributed by atoms with van der Waals surface area (Å²) in [6.07, 6.45) is 0. The van der Waals surface area contributed by atoms with E-state index in [-0.39, 0.29) is 12.5 Å². The van der Waals surface area contributed by atoms with E-state index < -0.39 is 0 Å². The van der Waals surface area contributed by atoms with Crippen LogP contribution in [-0.2, 0) is 6.54 Å². The van der Waals surface area contributed by atoms with Crippen LogP contribution >= 0.6 is 11.3 Å². The van der Waals surface area contributed by atoms with E-state index in [1.807, 2.05) is 43.3 Å². The lowest BCUT2D eigenvalue weighted by molar-refractivity contribution is 0.0950. The van der Waals surface area contributed by atoms with Gasteiger partial charge in [-0.3, -0.25) is 4.79 Å². The lowest BCUT2D eigenvalue weighted by atomic mass is 10.1. The molecule has 1 heterocycles. The van der Waals surface area contributed by atoms with Crippen LogP contribution in [0.1, 0.15) is 25.7 Å². The maximum absolute atomic E-state index is 12.1. The summed E-state index contributed by atoms with van der Waals surface area (Å²) in [5, 5.41) is 11.5. The monoisotopic (exact) mass is 285 g/mol. The Bertz CT molecular complexity index is 664. The van der Waals surface area contributed by atoms with E-state index in [9.17, 15) is 4.79 Å². The third kappa shape index (κ3) is 3.70. The maximum Gasteiger partial charge on any atom is 0.251 e. The predicted octanol–water partition coefficient (Wildman–Crippen LogP) is 2.33. The van der Waals surface area contributed by atoms with Crippen LogP contribution in [0.3, 0.4) is 0 Å². The molecule has 0 atom stereocenters. The highest BCUT2D eigenvalue weighted by Gasteiger charge is 2.08. The molecule has 0 aliphatic rings. The van der Waals surface area contributed by atoms with Gasteiger partial charge in [0.2, 0.25) is 0 Å². The second-order valence-electron chi connectivity index (χ2n) is 4.22. The Labute approximate surface area is 122 Å². The van der Waals surface area contributed by atoms with Crippen molar-refractivity contribution in [2.24, 2.45) is 0 Å². The average Bonchev–Trinajstić information content (AvgIpc) is 2.91.